The Morgan fingerprint density at radius 1 is 1.47 bits per heavy atom. The van der Waals surface area contributed by atoms with E-state index in [0.29, 0.717) is 24.2 Å². The SMILES string of the molecule is N#Cc1cccc(C(=O)N2CCNC(=O)C2)c1. The van der Waals surface area contributed by atoms with Crippen molar-refractivity contribution in [2.75, 3.05) is 19.6 Å². The van der Waals surface area contributed by atoms with Crippen LogP contribution in [0, 0.1) is 11.3 Å². The molecule has 1 fully saturated rings. The number of rotatable bonds is 1. The summed E-state index contributed by atoms with van der Waals surface area (Å²) in [5.74, 6) is -0.363. The van der Waals surface area contributed by atoms with Crippen LogP contribution in [0.2, 0.25) is 0 Å². The number of hydrogen-bond acceptors (Lipinski definition) is 3. The van der Waals surface area contributed by atoms with E-state index in [9.17, 15) is 9.59 Å². The fraction of sp³-hybridized carbons (Fsp3) is 0.250. The van der Waals surface area contributed by atoms with Gasteiger partial charge >= 0.3 is 0 Å². The van der Waals surface area contributed by atoms with Crippen molar-refractivity contribution < 1.29 is 9.59 Å². The molecule has 1 aromatic rings. The molecule has 2 amide bonds. The number of piperazine rings is 1. The molecule has 5 nitrogen and oxygen atoms in total. The summed E-state index contributed by atoms with van der Waals surface area (Å²) in [7, 11) is 0. The topological polar surface area (TPSA) is 73.2 Å². The predicted octanol–water partition coefficient (Wildman–Crippen LogP) is 0.130. The largest absolute Gasteiger partial charge is 0.353 e. The monoisotopic (exact) mass is 229 g/mol. The van der Waals surface area contributed by atoms with Crippen LogP contribution in [0.15, 0.2) is 24.3 Å². The van der Waals surface area contributed by atoms with Crippen LogP contribution < -0.4 is 5.32 Å². The highest BCUT2D eigenvalue weighted by molar-refractivity contribution is 5.97. The lowest BCUT2D eigenvalue weighted by Crippen LogP contribution is -2.49. The second-order valence-electron chi connectivity index (χ2n) is 3.77. The van der Waals surface area contributed by atoms with Gasteiger partial charge in [0.25, 0.3) is 5.91 Å². The molecule has 1 aliphatic heterocycles. The lowest BCUT2D eigenvalue weighted by atomic mass is 10.1. The molecule has 0 spiro atoms. The molecule has 17 heavy (non-hydrogen) atoms. The molecular weight excluding hydrogens is 218 g/mol. The minimum Gasteiger partial charge on any atom is -0.353 e. The van der Waals surface area contributed by atoms with E-state index in [4.69, 9.17) is 5.26 Å². The van der Waals surface area contributed by atoms with Crippen LogP contribution in [-0.2, 0) is 4.79 Å². The summed E-state index contributed by atoms with van der Waals surface area (Å²) in [5.41, 5.74) is 0.885. The van der Waals surface area contributed by atoms with Crippen molar-refractivity contribution in [3.63, 3.8) is 0 Å². The van der Waals surface area contributed by atoms with Crippen molar-refractivity contribution in [3.8, 4) is 6.07 Å². The Kier molecular flexibility index (Phi) is 3.06. The molecule has 1 N–H and O–H groups in total. The van der Waals surface area contributed by atoms with E-state index in [1.54, 1.807) is 18.2 Å². The highest BCUT2D eigenvalue weighted by atomic mass is 16.2. The van der Waals surface area contributed by atoms with Crippen molar-refractivity contribution in [1.29, 1.82) is 5.26 Å². The van der Waals surface area contributed by atoms with Gasteiger partial charge in [0, 0.05) is 18.7 Å². The first-order valence-corrected chi connectivity index (χ1v) is 5.27. The summed E-state index contributed by atoms with van der Waals surface area (Å²) in [6.07, 6.45) is 0. The molecule has 86 valence electrons. The molecule has 0 atom stereocenters. The number of hydrogen-bond donors (Lipinski definition) is 1. The van der Waals surface area contributed by atoms with Gasteiger partial charge in [-0.25, -0.2) is 0 Å². The molecule has 0 saturated carbocycles. The summed E-state index contributed by atoms with van der Waals surface area (Å²) in [4.78, 5) is 24.7. The van der Waals surface area contributed by atoms with E-state index in [-0.39, 0.29) is 18.4 Å². The zero-order valence-electron chi connectivity index (χ0n) is 9.14. The Balaban J connectivity index is 2.19. The summed E-state index contributed by atoms with van der Waals surface area (Å²) in [5, 5.41) is 11.4. The number of nitrogens with zero attached hydrogens (tertiary/aromatic N) is 2. The van der Waals surface area contributed by atoms with Crippen LogP contribution >= 0.6 is 0 Å². The Morgan fingerprint density at radius 2 is 2.29 bits per heavy atom. The number of benzene rings is 1. The first-order valence-electron chi connectivity index (χ1n) is 5.27. The zero-order valence-corrected chi connectivity index (χ0v) is 9.14. The minimum atomic E-state index is -0.211. The Morgan fingerprint density at radius 3 is 3.00 bits per heavy atom. The molecule has 0 radical (unpaired) electrons. The van der Waals surface area contributed by atoms with E-state index in [1.165, 1.54) is 11.0 Å². The third kappa shape index (κ3) is 2.42. The second kappa shape index (κ2) is 4.66. The maximum absolute atomic E-state index is 12.0. The lowest BCUT2D eigenvalue weighted by Gasteiger charge is -2.26. The van der Waals surface area contributed by atoms with Gasteiger partial charge in [-0.3, -0.25) is 9.59 Å². The highest BCUT2D eigenvalue weighted by Gasteiger charge is 2.22. The zero-order chi connectivity index (χ0) is 12.3. The second-order valence-corrected chi connectivity index (χ2v) is 3.77. The van der Waals surface area contributed by atoms with Crippen molar-refractivity contribution in [2.24, 2.45) is 0 Å². The lowest BCUT2D eigenvalue weighted by molar-refractivity contribution is -0.123. The number of amides is 2. The van der Waals surface area contributed by atoms with Crippen molar-refractivity contribution in [3.05, 3.63) is 35.4 Å². The third-order valence-electron chi connectivity index (χ3n) is 2.56. The van der Waals surface area contributed by atoms with E-state index >= 15 is 0 Å². The molecule has 2 rings (SSSR count). The molecule has 1 heterocycles. The van der Waals surface area contributed by atoms with Crippen molar-refractivity contribution >= 4 is 11.8 Å². The number of nitriles is 1. The average molecular weight is 229 g/mol. The first-order chi connectivity index (χ1) is 8.20. The normalized spacial score (nSPS) is 15.0. The van der Waals surface area contributed by atoms with Gasteiger partial charge in [0.1, 0.15) is 0 Å². The van der Waals surface area contributed by atoms with Crippen LogP contribution in [0.3, 0.4) is 0 Å². The maximum Gasteiger partial charge on any atom is 0.254 e. The van der Waals surface area contributed by atoms with Gasteiger partial charge in [0.05, 0.1) is 18.2 Å². The van der Waals surface area contributed by atoms with E-state index < -0.39 is 0 Å². The third-order valence-corrected chi connectivity index (χ3v) is 2.56. The van der Waals surface area contributed by atoms with Crippen LogP contribution in [-0.4, -0.2) is 36.3 Å². The quantitative estimate of drug-likeness (QED) is 0.744. The maximum atomic E-state index is 12.0. The van der Waals surface area contributed by atoms with Crippen LogP contribution in [0.25, 0.3) is 0 Å². The van der Waals surface area contributed by atoms with E-state index in [0.717, 1.165) is 0 Å². The highest BCUT2D eigenvalue weighted by Crippen LogP contribution is 2.08. The average Bonchev–Trinajstić information content (AvgIpc) is 2.38. The Hall–Kier alpha value is -2.35. The van der Waals surface area contributed by atoms with Gasteiger partial charge in [-0.15, -0.1) is 0 Å². The van der Waals surface area contributed by atoms with Crippen molar-refractivity contribution in [1.82, 2.24) is 10.2 Å². The summed E-state index contributed by atoms with van der Waals surface area (Å²) < 4.78 is 0. The van der Waals surface area contributed by atoms with Gasteiger partial charge < -0.3 is 10.2 Å². The van der Waals surface area contributed by atoms with Crippen molar-refractivity contribution in [2.45, 2.75) is 0 Å². The van der Waals surface area contributed by atoms with Gasteiger partial charge in [0.15, 0.2) is 0 Å². The summed E-state index contributed by atoms with van der Waals surface area (Å²) in [6.45, 7) is 1.06. The molecule has 0 aliphatic carbocycles. The molecule has 0 aromatic heterocycles. The van der Waals surface area contributed by atoms with E-state index in [1.807, 2.05) is 6.07 Å². The molecule has 1 saturated heterocycles. The standard InChI is InChI=1S/C12H11N3O2/c13-7-9-2-1-3-10(6-9)12(17)15-5-4-14-11(16)8-15/h1-3,6H,4-5,8H2,(H,14,16). The fourth-order valence-electron chi connectivity index (χ4n) is 1.72. The Bertz CT molecular complexity index is 505. The summed E-state index contributed by atoms with van der Waals surface area (Å²) >= 11 is 0. The van der Waals surface area contributed by atoms with Gasteiger partial charge in [-0.1, -0.05) is 6.07 Å². The molecule has 0 unspecified atom stereocenters. The molecule has 1 aromatic carbocycles. The fourth-order valence-corrected chi connectivity index (χ4v) is 1.72. The Labute approximate surface area is 98.6 Å². The number of carbonyl (C=O) groups excluding carboxylic acids is 2. The van der Waals surface area contributed by atoms with E-state index in [2.05, 4.69) is 5.32 Å². The first kappa shape index (κ1) is 11.1. The van der Waals surface area contributed by atoms with Crippen LogP contribution in [0.1, 0.15) is 15.9 Å². The predicted molar refractivity (Wildman–Crippen MR) is 60.1 cm³/mol. The molecular formula is C12H11N3O2. The summed E-state index contributed by atoms with van der Waals surface area (Å²) in [6, 6.07) is 8.47. The number of nitrogens with one attached hydrogen (secondary N) is 1. The van der Waals surface area contributed by atoms with Crippen LogP contribution in [0.5, 0.6) is 0 Å². The smallest absolute Gasteiger partial charge is 0.254 e. The molecule has 1 aliphatic rings. The molecule has 5 heteroatoms. The number of carbonyl (C=O) groups is 2. The molecule has 0 bridgehead atoms. The van der Waals surface area contributed by atoms with Crippen LogP contribution in [0.4, 0.5) is 0 Å². The van der Waals surface area contributed by atoms with Gasteiger partial charge in [-0.05, 0) is 18.2 Å². The minimum absolute atomic E-state index is 0.0790. The van der Waals surface area contributed by atoms with Gasteiger partial charge in [-0.2, -0.15) is 5.26 Å². The van der Waals surface area contributed by atoms with Gasteiger partial charge in [0.2, 0.25) is 5.91 Å².